The van der Waals surface area contributed by atoms with E-state index in [1.165, 1.54) is 37.4 Å². The number of hydrogen-bond acceptors (Lipinski definition) is 2. The summed E-state index contributed by atoms with van der Waals surface area (Å²) in [7, 11) is 1.34. The lowest BCUT2D eigenvalue weighted by Gasteiger charge is -2.07. The number of nitrogens with one attached hydrogen (secondary N) is 1. The molecule has 0 heterocycles. The van der Waals surface area contributed by atoms with Crippen molar-refractivity contribution < 1.29 is 18.3 Å². The monoisotopic (exact) mass is 263 g/mol. The minimum atomic E-state index is -0.636. The van der Waals surface area contributed by atoms with E-state index < -0.39 is 17.5 Å². The van der Waals surface area contributed by atoms with E-state index in [2.05, 4.69) is 5.32 Å². The van der Waals surface area contributed by atoms with Crippen LogP contribution in [0.25, 0.3) is 0 Å². The van der Waals surface area contributed by atoms with Crippen molar-refractivity contribution >= 4 is 11.6 Å². The molecule has 0 spiro atoms. The van der Waals surface area contributed by atoms with E-state index in [4.69, 9.17) is 4.74 Å². The van der Waals surface area contributed by atoms with Crippen LogP contribution in [0.4, 0.5) is 14.5 Å². The molecule has 0 aliphatic carbocycles. The fraction of sp³-hybridized carbons (Fsp3) is 0.0714. The summed E-state index contributed by atoms with van der Waals surface area (Å²) in [4.78, 5) is 11.8. The van der Waals surface area contributed by atoms with E-state index in [0.717, 1.165) is 6.07 Å². The molecule has 0 saturated carbocycles. The van der Waals surface area contributed by atoms with E-state index in [0.29, 0.717) is 0 Å². The topological polar surface area (TPSA) is 38.3 Å². The summed E-state index contributed by atoms with van der Waals surface area (Å²) < 4.78 is 31.6. The van der Waals surface area contributed by atoms with Gasteiger partial charge in [0.05, 0.1) is 12.7 Å². The van der Waals surface area contributed by atoms with Crippen LogP contribution in [-0.2, 0) is 0 Å². The summed E-state index contributed by atoms with van der Waals surface area (Å²) in [6.07, 6.45) is 0. The lowest BCUT2D eigenvalue weighted by Crippen LogP contribution is -2.13. The number of ether oxygens (including phenoxy) is 1. The highest BCUT2D eigenvalue weighted by Crippen LogP contribution is 2.21. The number of halogens is 2. The number of carbonyl (C=O) groups is 1. The Labute approximate surface area is 108 Å². The first-order valence-corrected chi connectivity index (χ1v) is 5.51. The second-order valence-corrected chi connectivity index (χ2v) is 3.78. The number of amides is 1. The molecular weight excluding hydrogens is 252 g/mol. The molecule has 98 valence electrons. The molecule has 0 saturated heterocycles. The Morgan fingerprint density at radius 1 is 1.11 bits per heavy atom. The van der Waals surface area contributed by atoms with Gasteiger partial charge >= 0.3 is 0 Å². The first-order chi connectivity index (χ1) is 9.11. The van der Waals surface area contributed by atoms with Gasteiger partial charge in [-0.15, -0.1) is 0 Å². The van der Waals surface area contributed by atoms with Gasteiger partial charge in [0.1, 0.15) is 5.82 Å². The van der Waals surface area contributed by atoms with Crippen molar-refractivity contribution in [1.82, 2.24) is 0 Å². The predicted octanol–water partition coefficient (Wildman–Crippen LogP) is 3.23. The number of rotatable bonds is 3. The number of carbonyl (C=O) groups excluding carboxylic acids is 1. The Morgan fingerprint density at radius 2 is 1.84 bits per heavy atom. The fourth-order valence-corrected chi connectivity index (χ4v) is 1.59. The third kappa shape index (κ3) is 2.88. The van der Waals surface area contributed by atoms with E-state index in [9.17, 15) is 13.6 Å². The van der Waals surface area contributed by atoms with Crippen LogP contribution in [0.2, 0.25) is 0 Å². The van der Waals surface area contributed by atoms with Crippen molar-refractivity contribution in [2.24, 2.45) is 0 Å². The summed E-state index contributed by atoms with van der Waals surface area (Å²) in [5, 5.41) is 2.42. The molecule has 19 heavy (non-hydrogen) atoms. The molecule has 1 N–H and O–H groups in total. The molecule has 0 unspecified atom stereocenters. The van der Waals surface area contributed by atoms with E-state index in [-0.39, 0.29) is 17.0 Å². The average molecular weight is 263 g/mol. The molecule has 2 rings (SSSR count). The zero-order chi connectivity index (χ0) is 13.8. The molecule has 0 radical (unpaired) electrons. The fourth-order valence-electron chi connectivity index (χ4n) is 1.59. The zero-order valence-corrected chi connectivity index (χ0v) is 10.1. The maximum Gasteiger partial charge on any atom is 0.258 e. The van der Waals surface area contributed by atoms with Crippen LogP contribution in [0.1, 0.15) is 10.4 Å². The van der Waals surface area contributed by atoms with Crippen LogP contribution in [0.5, 0.6) is 5.75 Å². The van der Waals surface area contributed by atoms with Gasteiger partial charge < -0.3 is 10.1 Å². The van der Waals surface area contributed by atoms with Crippen molar-refractivity contribution in [2.45, 2.75) is 0 Å². The predicted molar refractivity (Wildman–Crippen MR) is 67.3 cm³/mol. The standard InChI is InChI=1S/C14H11F2NO2/c1-19-13-7-6-9(8-12(13)16)17-14(18)10-4-2-3-5-11(10)15/h2-8H,1H3,(H,17,18). The Kier molecular flexibility index (Phi) is 3.75. The summed E-state index contributed by atoms with van der Waals surface area (Å²) in [6.45, 7) is 0. The minimum absolute atomic E-state index is 0.0730. The van der Waals surface area contributed by atoms with Gasteiger partial charge in [-0.2, -0.15) is 0 Å². The molecule has 1 amide bonds. The molecule has 0 fully saturated rings. The number of anilines is 1. The molecule has 3 nitrogen and oxygen atoms in total. The second-order valence-electron chi connectivity index (χ2n) is 3.78. The minimum Gasteiger partial charge on any atom is -0.494 e. The van der Waals surface area contributed by atoms with Crippen molar-refractivity contribution in [3.8, 4) is 5.75 Å². The first kappa shape index (κ1) is 13.0. The largest absolute Gasteiger partial charge is 0.494 e. The smallest absolute Gasteiger partial charge is 0.258 e. The summed E-state index contributed by atoms with van der Waals surface area (Å²) >= 11 is 0. The van der Waals surface area contributed by atoms with Gasteiger partial charge in [0.25, 0.3) is 5.91 Å². The third-order valence-electron chi connectivity index (χ3n) is 2.53. The van der Waals surface area contributed by atoms with E-state index >= 15 is 0 Å². The molecule has 0 aliphatic heterocycles. The molecular formula is C14H11F2NO2. The normalized spacial score (nSPS) is 10.1. The van der Waals surface area contributed by atoms with Gasteiger partial charge in [0, 0.05) is 11.8 Å². The van der Waals surface area contributed by atoms with Crippen LogP contribution in [0, 0.1) is 11.6 Å². The molecule has 0 aromatic heterocycles. The number of hydrogen-bond donors (Lipinski definition) is 1. The van der Waals surface area contributed by atoms with Crippen LogP contribution in [-0.4, -0.2) is 13.0 Å². The van der Waals surface area contributed by atoms with Crippen LogP contribution in [0.3, 0.4) is 0 Å². The highest BCUT2D eigenvalue weighted by Gasteiger charge is 2.12. The van der Waals surface area contributed by atoms with Crippen molar-refractivity contribution in [1.29, 1.82) is 0 Å². The van der Waals surface area contributed by atoms with E-state index in [1.54, 1.807) is 6.07 Å². The molecule has 0 atom stereocenters. The van der Waals surface area contributed by atoms with Crippen LogP contribution >= 0.6 is 0 Å². The highest BCUT2D eigenvalue weighted by atomic mass is 19.1. The Bertz CT molecular complexity index is 614. The quantitative estimate of drug-likeness (QED) is 0.923. The molecule has 5 heteroatoms. The lowest BCUT2D eigenvalue weighted by atomic mass is 10.2. The number of benzene rings is 2. The summed E-state index contributed by atoms with van der Waals surface area (Å²) in [5.41, 5.74) is 0.130. The maximum atomic E-state index is 13.4. The van der Waals surface area contributed by atoms with Gasteiger partial charge in [-0.25, -0.2) is 8.78 Å². The maximum absolute atomic E-state index is 13.4. The Morgan fingerprint density at radius 3 is 2.47 bits per heavy atom. The Hall–Kier alpha value is -2.43. The van der Waals surface area contributed by atoms with Crippen molar-refractivity contribution in [2.75, 3.05) is 12.4 Å². The number of methoxy groups -OCH3 is 1. The molecule has 0 bridgehead atoms. The highest BCUT2D eigenvalue weighted by molar-refractivity contribution is 6.04. The lowest BCUT2D eigenvalue weighted by molar-refractivity contribution is 0.102. The van der Waals surface area contributed by atoms with Crippen molar-refractivity contribution in [3.05, 3.63) is 59.7 Å². The Balaban J connectivity index is 2.20. The van der Waals surface area contributed by atoms with Gasteiger partial charge in [-0.05, 0) is 24.3 Å². The summed E-state index contributed by atoms with van der Waals surface area (Å²) in [6, 6.07) is 9.53. The summed E-state index contributed by atoms with van der Waals surface area (Å²) in [5.74, 6) is -1.80. The van der Waals surface area contributed by atoms with Gasteiger partial charge in [0.15, 0.2) is 11.6 Å². The van der Waals surface area contributed by atoms with Gasteiger partial charge in [0.2, 0.25) is 0 Å². The molecule has 0 aliphatic rings. The van der Waals surface area contributed by atoms with Crippen LogP contribution < -0.4 is 10.1 Å². The second kappa shape index (κ2) is 5.48. The zero-order valence-electron chi connectivity index (χ0n) is 10.1. The van der Waals surface area contributed by atoms with Crippen molar-refractivity contribution in [3.63, 3.8) is 0 Å². The SMILES string of the molecule is COc1ccc(NC(=O)c2ccccc2F)cc1F. The van der Waals surface area contributed by atoms with E-state index in [1.807, 2.05) is 0 Å². The molecule has 2 aromatic rings. The molecule has 2 aromatic carbocycles. The first-order valence-electron chi connectivity index (χ1n) is 5.51. The van der Waals surface area contributed by atoms with Gasteiger partial charge in [-0.3, -0.25) is 4.79 Å². The average Bonchev–Trinajstić information content (AvgIpc) is 2.39. The van der Waals surface area contributed by atoms with Crippen LogP contribution in [0.15, 0.2) is 42.5 Å². The third-order valence-corrected chi connectivity index (χ3v) is 2.53. The van der Waals surface area contributed by atoms with Gasteiger partial charge in [-0.1, -0.05) is 12.1 Å².